The van der Waals surface area contributed by atoms with Gasteiger partial charge >= 0.3 is 0 Å². The van der Waals surface area contributed by atoms with Crippen LogP contribution in [0.4, 0.5) is 5.69 Å². The first-order valence-electron chi connectivity index (χ1n) is 8.05. The largest absolute Gasteiger partial charge is 0.484 e. The first kappa shape index (κ1) is 17.5. The van der Waals surface area contributed by atoms with Crippen molar-refractivity contribution in [2.24, 2.45) is 0 Å². The number of benzene rings is 2. The maximum absolute atomic E-state index is 12.0. The van der Waals surface area contributed by atoms with E-state index in [0.29, 0.717) is 23.5 Å². The van der Waals surface area contributed by atoms with Crippen LogP contribution >= 0.6 is 0 Å². The number of nitrogens with one attached hydrogen (secondary N) is 2. The molecule has 2 amide bonds. The molecular formula is C19H22N2O3. The van der Waals surface area contributed by atoms with E-state index in [0.717, 1.165) is 12.8 Å². The molecular weight excluding hydrogens is 304 g/mol. The predicted octanol–water partition coefficient (Wildman–Crippen LogP) is 3.23. The fourth-order valence-corrected chi connectivity index (χ4v) is 2.03. The summed E-state index contributed by atoms with van der Waals surface area (Å²) in [6.07, 6.45) is 2.00. The lowest BCUT2D eigenvalue weighted by molar-refractivity contribution is -0.123. The summed E-state index contributed by atoms with van der Waals surface area (Å²) in [6.45, 7) is 2.73. The van der Waals surface area contributed by atoms with Gasteiger partial charge in [-0.15, -0.1) is 0 Å². The smallest absolute Gasteiger partial charge is 0.257 e. The quantitative estimate of drug-likeness (QED) is 0.732. The molecule has 0 unspecified atom stereocenters. The van der Waals surface area contributed by atoms with E-state index in [4.69, 9.17) is 4.74 Å². The number of amides is 2. The molecule has 2 N–H and O–H groups in total. The summed E-state index contributed by atoms with van der Waals surface area (Å²) in [5, 5.41) is 5.60. The molecule has 126 valence electrons. The molecule has 0 aliphatic rings. The molecule has 0 radical (unpaired) electrons. The number of ether oxygens (including phenoxy) is 1. The maximum Gasteiger partial charge on any atom is 0.257 e. The zero-order valence-corrected chi connectivity index (χ0v) is 13.7. The Bertz CT molecular complexity index is 654. The van der Waals surface area contributed by atoms with Crippen LogP contribution in [-0.4, -0.2) is 25.0 Å². The van der Waals surface area contributed by atoms with Crippen molar-refractivity contribution in [3.63, 3.8) is 0 Å². The first-order valence-corrected chi connectivity index (χ1v) is 8.05. The lowest BCUT2D eigenvalue weighted by Crippen LogP contribution is -2.29. The van der Waals surface area contributed by atoms with E-state index in [1.807, 2.05) is 18.2 Å². The minimum atomic E-state index is -0.167. The molecule has 0 heterocycles. The van der Waals surface area contributed by atoms with Gasteiger partial charge in [-0.3, -0.25) is 9.59 Å². The van der Waals surface area contributed by atoms with Gasteiger partial charge in [0.15, 0.2) is 6.61 Å². The highest BCUT2D eigenvalue weighted by Crippen LogP contribution is 2.16. The van der Waals surface area contributed by atoms with Crippen LogP contribution < -0.4 is 15.4 Å². The topological polar surface area (TPSA) is 67.4 Å². The molecule has 0 fully saturated rings. The van der Waals surface area contributed by atoms with Crippen molar-refractivity contribution in [1.29, 1.82) is 0 Å². The van der Waals surface area contributed by atoms with Crippen molar-refractivity contribution in [3.8, 4) is 5.75 Å². The second-order valence-electron chi connectivity index (χ2n) is 5.34. The van der Waals surface area contributed by atoms with E-state index in [2.05, 4.69) is 17.6 Å². The second-order valence-corrected chi connectivity index (χ2v) is 5.34. The summed E-state index contributed by atoms with van der Waals surface area (Å²) in [7, 11) is 0. The number of carbonyl (C=O) groups is 2. The molecule has 5 heteroatoms. The molecule has 0 bridgehead atoms. The molecule has 5 nitrogen and oxygen atoms in total. The molecule has 0 saturated heterocycles. The highest BCUT2D eigenvalue weighted by atomic mass is 16.5. The van der Waals surface area contributed by atoms with Gasteiger partial charge in [0, 0.05) is 17.8 Å². The predicted molar refractivity (Wildman–Crippen MR) is 94.2 cm³/mol. The van der Waals surface area contributed by atoms with Gasteiger partial charge in [0.2, 0.25) is 0 Å². The van der Waals surface area contributed by atoms with Crippen LogP contribution in [0, 0.1) is 0 Å². The van der Waals surface area contributed by atoms with E-state index < -0.39 is 0 Å². The van der Waals surface area contributed by atoms with E-state index in [1.165, 1.54) is 0 Å². The summed E-state index contributed by atoms with van der Waals surface area (Å²) < 4.78 is 5.42. The van der Waals surface area contributed by atoms with Gasteiger partial charge in [-0.2, -0.15) is 0 Å². The van der Waals surface area contributed by atoms with Crippen LogP contribution in [0.15, 0.2) is 54.6 Å². The van der Waals surface area contributed by atoms with Crippen LogP contribution in [-0.2, 0) is 4.79 Å². The van der Waals surface area contributed by atoms with Gasteiger partial charge in [0.1, 0.15) is 5.75 Å². The van der Waals surface area contributed by atoms with Gasteiger partial charge < -0.3 is 15.4 Å². The zero-order chi connectivity index (χ0) is 17.2. The van der Waals surface area contributed by atoms with Crippen molar-refractivity contribution >= 4 is 17.5 Å². The Balaban J connectivity index is 1.80. The highest BCUT2D eigenvalue weighted by Gasteiger charge is 2.06. The van der Waals surface area contributed by atoms with Crippen molar-refractivity contribution in [2.45, 2.75) is 19.8 Å². The average Bonchev–Trinajstić information content (AvgIpc) is 2.62. The number of rotatable bonds is 8. The lowest BCUT2D eigenvalue weighted by atomic mass is 10.2. The Morgan fingerprint density at radius 3 is 2.38 bits per heavy atom. The third kappa shape index (κ3) is 5.76. The van der Waals surface area contributed by atoms with Crippen LogP contribution in [0.1, 0.15) is 30.1 Å². The molecule has 2 aromatic carbocycles. The summed E-state index contributed by atoms with van der Waals surface area (Å²) >= 11 is 0. The Hall–Kier alpha value is -2.82. The minimum Gasteiger partial charge on any atom is -0.484 e. The van der Waals surface area contributed by atoms with E-state index >= 15 is 0 Å². The van der Waals surface area contributed by atoms with Crippen molar-refractivity contribution in [1.82, 2.24) is 5.32 Å². The Kier molecular flexibility index (Phi) is 6.83. The molecule has 2 aromatic rings. The monoisotopic (exact) mass is 326 g/mol. The molecule has 0 saturated carbocycles. The summed E-state index contributed by atoms with van der Waals surface area (Å²) in [5.74, 6) is 0.280. The van der Waals surface area contributed by atoms with Crippen molar-refractivity contribution in [2.75, 3.05) is 18.5 Å². The third-order valence-electron chi connectivity index (χ3n) is 3.37. The third-order valence-corrected chi connectivity index (χ3v) is 3.37. The van der Waals surface area contributed by atoms with Gasteiger partial charge in [-0.25, -0.2) is 0 Å². The molecule has 0 aromatic heterocycles. The number of hydrogen-bond acceptors (Lipinski definition) is 3. The maximum atomic E-state index is 12.0. The molecule has 0 aliphatic heterocycles. The van der Waals surface area contributed by atoms with E-state index in [-0.39, 0.29) is 18.4 Å². The fourth-order valence-electron chi connectivity index (χ4n) is 2.03. The second kappa shape index (κ2) is 9.35. The van der Waals surface area contributed by atoms with Crippen LogP contribution in [0.2, 0.25) is 0 Å². The van der Waals surface area contributed by atoms with Crippen LogP contribution in [0.25, 0.3) is 0 Å². The average molecular weight is 326 g/mol. The number of anilines is 1. The van der Waals surface area contributed by atoms with Gasteiger partial charge in [0.05, 0.1) is 0 Å². The fraction of sp³-hybridized carbons (Fsp3) is 0.263. The molecule has 2 rings (SSSR count). The zero-order valence-electron chi connectivity index (χ0n) is 13.7. The summed E-state index contributed by atoms with van der Waals surface area (Å²) in [6, 6.07) is 15.9. The Labute approximate surface area is 142 Å². The normalized spacial score (nSPS) is 10.0. The molecule has 24 heavy (non-hydrogen) atoms. The molecule has 0 atom stereocenters. The minimum absolute atomic E-state index is 0.0144. The van der Waals surface area contributed by atoms with Gasteiger partial charge in [-0.05, 0) is 42.8 Å². The summed E-state index contributed by atoms with van der Waals surface area (Å²) in [4.78, 5) is 23.6. The number of hydrogen-bond donors (Lipinski definition) is 2. The standard InChI is InChI=1S/C19H22N2O3/c1-2-3-13-20-18(22)14-24-17-11-9-16(10-12-17)21-19(23)15-7-5-4-6-8-15/h4-12H,2-3,13-14H2,1H3,(H,20,22)(H,21,23). The Morgan fingerprint density at radius 2 is 1.71 bits per heavy atom. The molecule has 0 spiro atoms. The van der Waals surface area contributed by atoms with Gasteiger partial charge in [-0.1, -0.05) is 31.5 Å². The van der Waals surface area contributed by atoms with E-state index in [9.17, 15) is 9.59 Å². The summed E-state index contributed by atoms with van der Waals surface area (Å²) in [5.41, 5.74) is 1.27. The first-order chi connectivity index (χ1) is 11.7. The Morgan fingerprint density at radius 1 is 1.00 bits per heavy atom. The number of carbonyl (C=O) groups excluding carboxylic acids is 2. The van der Waals surface area contributed by atoms with Crippen molar-refractivity contribution in [3.05, 3.63) is 60.2 Å². The lowest BCUT2D eigenvalue weighted by Gasteiger charge is -2.09. The van der Waals surface area contributed by atoms with Gasteiger partial charge in [0.25, 0.3) is 11.8 Å². The number of unbranched alkanes of at least 4 members (excludes halogenated alkanes) is 1. The van der Waals surface area contributed by atoms with E-state index in [1.54, 1.807) is 36.4 Å². The van der Waals surface area contributed by atoms with Crippen LogP contribution in [0.5, 0.6) is 5.75 Å². The highest BCUT2D eigenvalue weighted by molar-refractivity contribution is 6.04. The van der Waals surface area contributed by atoms with Crippen molar-refractivity contribution < 1.29 is 14.3 Å². The molecule has 0 aliphatic carbocycles. The SMILES string of the molecule is CCCCNC(=O)COc1ccc(NC(=O)c2ccccc2)cc1. The van der Waals surface area contributed by atoms with Crippen LogP contribution in [0.3, 0.4) is 0 Å².